The van der Waals surface area contributed by atoms with E-state index in [9.17, 15) is 0 Å². The van der Waals surface area contributed by atoms with Crippen LogP contribution in [0.1, 0.15) is 38.5 Å². The third-order valence-corrected chi connectivity index (χ3v) is 5.89. The van der Waals surface area contributed by atoms with Crippen molar-refractivity contribution in [3.05, 3.63) is 0 Å². The van der Waals surface area contributed by atoms with E-state index in [1.165, 1.54) is 50.0 Å². The fourth-order valence-corrected chi connectivity index (χ4v) is 4.83. The fourth-order valence-electron chi connectivity index (χ4n) is 3.60. The van der Waals surface area contributed by atoms with Gasteiger partial charge in [-0.15, -0.1) is 0 Å². The van der Waals surface area contributed by atoms with Gasteiger partial charge in [0.2, 0.25) is 0 Å². The molecule has 3 aliphatic heterocycles. The molecule has 3 nitrogen and oxygen atoms in total. The van der Waals surface area contributed by atoms with Crippen molar-refractivity contribution < 1.29 is 9.47 Å². The van der Waals surface area contributed by atoms with Gasteiger partial charge in [0.25, 0.3) is 0 Å². The Morgan fingerprint density at radius 1 is 1.16 bits per heavy atom. The van der Waals surface area contributed by atoms with Crippen molar-refractivity contribution in [3.8, 4) is 0 Å². The lowest BCUT2D eigenvalue weighted by Crippen LogP contribution is -2.49. The average Bonchev–Trinajstić information content (AvgIpc) is 2.93. The number of hydrogen-bond donors (Lipinski definition) is 1. The second-order valence-electron chi connectivity index (χ2n) is 6.31. The Balaban J connectivity index is 1.40. The van der Waals surface area contributed by atoms with Crippen molar-refractivity contribution in [2.75, 3.05) is 37.9 Å². The topological polar surface area (TPSA) is 30.5 Å². The summed E-state index contributed by atoms with van der Waals surface area (Å²) in [6.07, 6.45) is 7.47. The minimum atomic E-state index is 0.220. The number of ether oxygens (including phenoxy) is 2. The van der Waals surface area contributed by atoms with Gasteiger partial charge in [-0.25, -0.2) is 0 Å². The van der Waals surface area contributed by atoms with Crippen LogP contribution in [0.4, 0.5) is 0 Å². The molecule has 3 rings (SSSR count). The van der Waals surface area contributed by atoms with Crippen molar-refractivity contribution in [2.45, 2.75) is 50.2 Å². The van der Waals surface area contributed by atoms with E-state index in [0.717, 1.165) is 32.3 Å². The van der Waals surface area contributed by atoms with Crippen LogP contribution < -0.4 is 5.32 Å². The SMILES string of the molecule is C(CC1CCOC1)NC1CCOC2(CCSCC2)C1. The van der Waals surface area contributed by atoms with Crippen molar-refractivity contribution in [1.29, 1.82) is 0 Å². The van der Waals surface area contributed by atoms with E-state index in [0.29, 0.717) is 6.04 Å². The van der Waals surface area contributed by atoms with Gasteiger partial charge in [-0.2, -0.15) is 11.8 Å². The second kappa shape index (κ2) is 6.79. The third-order valence-electron chi connectivity index (χ3n) is 4.91. The van der Waals surface area contributed by atoms with Gasteiger partial charge in [-0.1, -0.05) is 0 Å². The minimum Gasteiger partial charge on any atom is -0.381 e. The Bertz CT molecular complexity index is 270. The Hall–Kier alpha value is 0.230. The Morgan fingerprint density at radius 3 is 2.84 bits per heavy atom. The van der Waals surface area contributed by atoms with Gasteiger partial charge in [-0.05, 0) is 62.5 Å². The highest BCUT2D eigenvalue weighted by atomic mass is 32.2. The first kappa shape index (κ1) is 14.2. The lowest BCUT2D eigenvalue weighted by Gasteiger charge is -2.43. The molecule has 0 amide bonds. The molecular weight excluding hydrogens is 258 g/mol. The van der Waals surface area contributed by atoms with Crippen LogP contribution in [0, 0.1) is 5.92 Å². The minimum absolute atomic E-state index is 0.220. The molecule has 2 atom stereocenters. The predicted octanol–water partition coefficient (Wildman–Crippen LogP) is 2.45. The zero-order valence-electron chi connectivity index (χ0n) is 11.9. The van der Waals surface area contributed by atoms with Gasteiger partial charge in [0, 0.05) is 25.9 Å². The molecule has 3 saturated heterocycles. The smallest absolute Gasteiger partial charge is 0.0713 e. The first-order chi connectivity index (χ1) is 9.36. The van der Waals surface area contributed by atoms with Gasteiger partial charge >= 0.3 is 0 Å². The van der Waals surface area contributed by atoms with Crippen LogP contribution in [0.15, 0.2) is 0 Å². The van der Waals surface area contributed by atoms with Crippen LogP contribution in [-0.4, -0.2) is 49.5 Å². The largest absolute Gasteiger partial charge is 0.381 e. The highest BCUT2D eigenvalue weighted by Gasteiger charge is 2.38. The maximum absolute atomic E-state index is 6.14. The molecule has 1 spiro atoms. The van der Waals surface area contributed by atoms with E-state index >= 15 is 0 Å². The van der Waals surface area contributed by atoms with Crippen LogP contribution >= 0.6 is 11.8 Å². The van der Waals surface area contributed by atoms with Gasteiger partial charge in [-0.3, -0.25) is 0 Å². The summed E-state index contributed by atoms with van der Waals surface area (Å²) in [6, 6.07) is 0.680. The third kappa shape index (κ3) is 3.87. The first-order valence-electron chi connectivity index (χ1n) is 7.89. The zero-order valence-corrected chi connectivity index (χ0v) is 12.7. The van der Waals surface area contributed by atoms with Crippen molar-refractivity contribution in [2.24, 2.45) is 5.92 Å². The standard InChI is InChI=1S/C15H27NO2S/c1(13-2-7-17-12-13)6-16-14-3-8-18-15(11-14)4-9-19-10-5-15/h13-14,16H,1-12H2. The van der Waals surface area contributed by atoms with Crippen molar-refractivity contribution in [3.63, 3.8) is 0 Å². The molecule has 0 aromatic rings. The highest BCUT2D eigenvalue weighted by molar-refractivity contribution is 7.99. The van der Waals surface area contributed by atoms with Crippen molar-refractivity contribution in [1.82, 2.24) is 5.32 Å². The van der Waals surface area contributed by atoms with Gasteiger partial charge in [0.05, 0.1) is 5.60 Å². The molecule has 0 aliphatic carbocycles. The average molecular weight is 285 g/mol. The summed E-state index contributed by atoms with van der Waals surface area (Å²) in [6.45, 7) is 4.07. The Kier molecular flexibility index (Phi) is 5.07. The summed E-state index contributed by atoms with van der Waals surface area (Å²) in [5.41, 5.74) is 0.220. The van der Waals surface area contributed by atoms with Crippen LogP contribution in [0.5, 0.6) is 0 Å². The number of thioether (sulfide) groups is 1. The van der Waals surface area contributed by atoms with Crippen LogP contribution in [0.2, 0.25) is 0 Å². The van der Waals surface area contributed by atoms with Gasteiger partial charge in [0.15, 0.2) is 0 Å². The monoisotopic (exact) mass is 285 g/mol. The molecule has 3 aliphatic rings. The van der Waals surface area contributed by atoms with Crippen LogP contribution in [0.3, 0.4) is 0 Å². The lowest BCUT2D eigenvalue weighted by atomic mass is 9.85. The maximum Gasteiger partial charge on any atom is 0.0713 e. The molecule has 0 saturated carbocycles. The molecule has 0 aromatic heterocycles. The quantitative estimate of drug-likeness (QED) is 0.859. The molecule has 0 bridgehead atoms. The van der Waals surface area contributed by atoms with Gasteiger partial charge < -0.3 is 14.8 Å². The normalized spacial score (nSPS) is 34.7. The first-order valence-corrected chi connectivity index (χ1v) is 9.05. The molecule has 110 valence electrons. The summed E-state index contributed by atoms with van der Waals surface area (Å²) >= 11 is 2.08. The van der Waals surface area contributed by atoms with Gasteiger partial charge in [0.1, 0.15) is 0 Å². The molecular formula is C15H27NO2S. The number of rotatable bonds is 4. The summed E-state index contributed by atoms with van der Waals surface area (Å²) in [5, 5.41) is 3.78. The number of hydrogen-bond acceptors (Lipinski definition) is 4. The highest BCUT2D eigenvalue weighted by Crippen LogP contribution is 2.37. The van der Waals surface area contributed by atoms with Crippen molar-refractivity contribution >= 4 is 11.8 Å². The molecule has 1 N–H and O–H groups in total. The zero-order chi connectivity index (χ0) is 13.0. The number of nitrogens with one attached hydrogen (secondary N) is 1. The maximum atomic E-state index is 6.14. The lowest BCUT2D eigenvalue weighted by molar-refractivity contribution is -0.0931. The van der Waals surface area contributed by atoms with E-state index in [1.807, 2.05) is 0 Å². The summed E-state index contributed by atoms with van der Waals surface area (Å²) < 4.78 is 11.6. The van der Waals surface area contributed by atoms with Crippen LogP contribution in [0.25, 0.3) is 0 Å². The second-order valence-corrected chi connectivity index (χ2v) is 7.53. The molecule has 4 heteroatoms. The van der Waals surface area contributed by atoms with E-state index < -0.39 is 0 Å². The summed E-state index contributed by atoms with van der Waals surface area (Å²) in [7, 11) is 0. The van der Waals surface area contributed by atoms with Crippen LogP contribution in [-0.2, 0) is 9.47 Å². The molecule has 3 fully saturated rings. The molecule has 2 unspecified atom stereocenters. The van der Waals surface area contributed by atoms with E-state index in [2.05, 4.69) is 17.1 Å². The molecule has 19 heavy (non-hydrogen) atoms. The summed E-state index contributed by atoms with van der Waals surface area (Å²) in [5.74, 6) is 3.37. The molecule has 0 aromatic carbocycles. The summed E-state index contributed by atoms with van der Waals surface area (Å²) in [4.78, 5) is 0. The molecule has 0 radical (unpaired) electrons. The predicted molar refractivity (Wildman–Crippen MR) is 79.8 cm³/mol. The molecule has 3 heterocycles. The Labute approximate surface area is 121 Å². The van der Waals surface area contributed by atoms with E-state index in [4.69, 9.17) is 9.47 Å². The van der Waals surface area contributed by atoms with E-state index in [1.54, 1.807) is 0 Å². The fraction of sp³-hybridized carbons (Fsp3) is 1.00. The van der Waals surface area contributed by atoms with E-state index in [-0.39, 0.29) is 5.60 Å². The Morgan fingerprint density at radius 2 is 2.05 bits per heavy atom.